The van der Waals surface area contributed by atoms with Crippen LogP contribution in [0.1, 0.15) is 40.2 Å². The smallest absolute Gasteiger partial charge is 0.410 e. The Morgan fingerprint density at radius 3 is 2.53 bits per heavy atom. The second-order valence-corrected chi connectivity index (χ2v) is 7.85. The van der Waals surface area contributed by atoms with Gasteiger partial charge in [-0.1, -0.05) is 12.1 Å². The van der Waals surface area contributed by atoms with Crippen molar-refractivity contribution in [3.05, 3.63) is 45.8 Å². The molecule has 1 aliphatic heterocycles. The summed E-state index contributed by atoms with van der Waals surface area (Å²) in [4.78, 5) is 39.1. The molecule has 8 nitrogen and oxygen atoms in total. The quantitative estimate of drug-likeness (QED) is 0.700. The molecule has 1 aromatic carbocycles. The fraction of sp³-hybridized carbons (Fsp3) is 0.381. The van der Waals surface area contributed by atoms with Crippen LogP contribution in [0.15, 0.2) is 24.3 Å². The number of hydrogen-bond acceptors (Lipinski definition) is 6. The number of carbonyl (C=O) groups excluding carboxylic acids is 3. The van der Waals surface area contributed by atoms with Crippen LogP contribution in [0, 0.1) is 0 Å². The van der Waals surface area contributed by atoms with E-state index in [4.69, 9.17) is 15.2 Å². The molecule has 0 saturated carbocycles. The molecule has 0 aliphatic carbocycles. The Kier molecular flexibility index (Phi) is 6.94. The first-order valence-corrected chi connectivity index (χ1v) is 10.6. The normalized spacial score (nSPS) is 12.8. The number of nitrogens with two attached hydrogens (primary N) is 1. The van der Waals surface area contributed by atoms with E-state index in [9.17, 15) is 14.4 Å². The third kappa shape index (κ3) is 4.91. The largest absolute Gasteiger partial charge is 0.494 e. The van der Waals surface area contributed by atoms with Gasteiger partial charge in [-0.25, -0.2) is 4.79 Å². The van der Waals surface area contributed by atoms with E-state index in [1.807, 2.05) is 31.2 Å². The molecule has 2 heterocycles. The van der Waals surface area contributed by atoms with Crippen molar-refractivity contribution in [1.29, 1.82) is 0 Å². The fourth-order valence-corrected chi connectivity index (χ4v) is 4.63. The van der Waals surface area contributed by atoms with Gasteiger partial charge in [0.05, 0.1) is 31.7 Å². The molecule has 3 rings (SSSR count). The Morgan fingerprint density at radius 1 is 1.17 bits per heavy atom. The van der Waals surface area contributed by atoms with E-state index in [0.29, 0.717) is 43.3 Å². The molecule has 1 aliphatic rings. The van der Waals surface area contributed by atoms with Gasteiger partial charge in [0.1, 0.15) is 10.8 Å². The van der Waals surface area contributed by atoms with Crippen LogP contribution in [0.2, 0.25) is 0 Å². The van der Waals surface area contributed by atoms with Crippen molar-refractivity contribution in [2.45, 2.75) is 33.2 Å². The lowest BCUT2D eigenvalue weighted by Crippen LogP contribution is -2.36. The van der Waals surface area contributed by atoms with Gasteiger partial charge in [-0.2, -0.15) is 0 Å². The van der Waals surface area contributed by atoms with Gasteiger partial charge in [-0.3, -0.25) is 9.59 Å². The van der Waals surface area contributed by atoms with Gasteiger partial charge in [-0.15, -0.1) is 11.3 Å². The second kappa shape index (κ2) is 9.62. The van der Waals surface area contributed by atoms with E-state index in [1.54, 1.807) is 11.8 Å². The molecule has 30 heavy (non-hydrogen) atoms. The number of ether oxygens (including phenoxy) is 2. The highest BCUT2D eigenvalue weighted by atomic mass is 32.1. The molecular formula is C21H25N3O5S. The van der Waals surface area contributed by atoms with Crippen molar-refractivity contribution in [3.8, 4) is 5.75 Å². The third-order valence-corrected chi connectivity index (χ3v) is 5.81. The highest BCUT2D eigenvalue weighted by Gasteiger charge is 2.30. The summed E-state index contributed by atoms with van der Waals surface area (Å²) >= 11 is 1.28. The number of nitrogens with one attached hydrogen (secondary N) is 1. The first-order chi connectivity index (χ1) is 14.4. The van der Waals surface area contributed by atoms with Gasteiger partial charge in [0.25, 0.3) is 5.91 Å². The molecule has 0 bridgehead atoms. The average Bonchev–Trinajstić information content (AvgIpc) is 3.06. The van der Waals surface area contributed by atoms with E-state index in [2.05, 4.69) is 5.32 Å². The van der Waals surface area contributed by atoms with Gasteiger partial charge in [-0.05, 0) is 43.5 Å². The van der Waals surface area contributed by atoms with Crippen LogP contribution in [0.25, 0.3) is 0 Å². The summed E-state index contributed by atoms with van der Waals surface area (Å²) in [6, 6.07) is 7.29. The lowest BCUT2D eigenvalue weighted by molar-refractivity contribution is -0.115. The van der Waals surface area contributed by atoms with Crippen LogP contribution in [0.5, 0.6) is 5.75 Å². The van der Waals surface area contributed by atoms with Crippen LogP contribution in [-0.4, -0.2) is 42.6 Å². The number of fused-ring (bicyclic) bond motifs is 1. The van der Waals surface area contributed by atoms with Gasteiger partial charge in [0.15, 0.2) is 0 Å². The number of anilines is 1. The van der Waals surface area contributed by atoms with Crippen molar-refractivity contribution in [3.63, 3.8) is 0 Å². The maximum absolute atomic E-state index is 12.6. The Morgan fingerprint density at radius 2 is 1.90 bits per heavy atom. The zero-order valence-corrected chi connectivity index (χ0v) is 17.8. The minimum absolute atomic E-state index is 0.155. The van der Waals surface area contributed by atoms with Gasteiger partial charge >= 0.3 is 6.09 Å². The predicted molar refractivity (Wildman–Crippen MR) is 114 cm³/mol. The first-order valence-electron chi connectivity index (χ1n) is 9.80. The van der Waals surface area contributed by atoms with E-state index in [1.165, 1.54) is 11.3 Å². The lowest BCUT2D eigenvalue weighted by atomic mass is 10.0. The lowest BCUT2D eigenvalue weighted by Gasteiger charge is -2.26. The standard InChI is InChI=1S/C21H25N3O5S/c1-3-28-14-7-5-13(6-8-14)11-17(25)23-20-18(19(22)26)15-9-10-24(12-16(15)30-20)21(27)29-4-2/h5-8H,3-4,9-12H2,1-2H3,(H2,22,26)(H,23,25). The van der Waals surface area contributed by atoms with E-state index < -0.39 is 12.0 Å². The summed E-state index contributed by atoms with van der Waals surface area (Å²) in [5.74, 6) is -0.0919. The molecule has 2 aromatic rings. The third-order valence-electron chi connectivity index (χ3n) is 4.68. The molecule has 0 saturated heterocycles. The number of hydrogen-bond donors (Lipinski definition) is 2. The molecule has 160 valence electrons. The highest BCUT2D eigenvalue weighted by Crippen LogP contribution is 2.37. The molecule has 0 radical (unpaired) electrons. The monoisotopic (exact) mass is 431 g/mol. The molecule has 0 spiro atoms. The maximum Gasteiger partial charge on any atom is 0.410 e. The molecule has 3 N–H and O–H groups in total. The highest BCUT2D eigenvalue weighted by molar-refractivity contribution is 7.17. The molecule has 3 amide bonds. The minimum Gasteiger partial charge on any atom is -0.494 e. The fourth-order valence-electron chi connectivity index (χ4n) is 3.35. The summed E-state index contributed by atoms with van der Waals surface area (Å²) in [6.07, 6.45) is 0.248. The first kappa shape index (κ1) is 21.6. The van der Waals surface area contributed by atoms with Crippen molar-refractivity contribution in [2.24, 2.45) is 5.73 Å². The van der Waals surface area contributed by atoms with Crippen LogP contribution >= 0.6 is 11.3 Å². The van der Waals surface area contributed by atoms with Gasteiger partial charge in [0, 0.05) is 11.4 Å². The number of thiophene rings is 1. The van der Waals surface area contributed by atoms with Gasteiger partial charge in [0.2, 0.25) is 5.91 Å². The summed E-state index contributed by atoms with van der Waals surface area (Å²) in [5, 5.41) is 3.24. The molecule has 0 unspecified atom stereocenters. The maximum atomic E-state index is 12.6. The molecule has 0 atom stereocenters. The predicted octanol–water partition coefficient (Wildman–Crippen LogP) is 2.94. The second-order valence-electron chi connectivity index (χ2n) is 6.74. The molecular weight excluding hydrogens is 406 g/mol. The number of benzene rings is 1. The summed E-state index contributed by atoms with van der Waals surface area (Å²) < 4.78 is 10.5. The summed E-state index contributed by atoms with van der Waals surface area (Å²) in [5.41, 5.74) is 7.55. The van der Waals surface area contributed by atoms with Crippen molar-refractivity contribution in [1.82, 2.24) is 4.90 Å². The minimum atomic E-state index is -0.589. The summed E-state index contributed by atoms with van der Waals surface area (Å²) in [6.45, 7) is 5.29. The van der Waals surface area contributed by atoms with E-state index in [0.717, 1.165) is 21.8 Å². The number of carbonyl (C=O) groups is 3. The molecule has 9 heteroatoms. The van der Waals surface area contributed by atoms with Crippen LogP contribution in [0.3, 0.4) is 0 Å². The SMILES string of the molecule is CCOC(=O)N1CCc2c(sc(NC(=O)Cc3ccc(OCC)cc3)c2C(N)=O)C1. The zero-order chi connectivity index (χ0) is 21.7. The Hall–Kier alpha value is -3.07. The van der Waals surface area contributed by atoms with Crippen molar-refractivity contribution in [2.75, 3.05) is 25.1 Å². The van der Waals surface area contributed by atoms with Crippen LogP contribution in [-0.2, 0) is 28.9 Å². The Balaban J connectivity index is 1.73. The Bertz CT molecular complexity index is 939. The van der Waals surface area contributed by atoms with Crippen LogP contribution in [0.4, 0.5) is 9.80 Å². The number of amides is 3. The Labute approximate surface area is 178 Å². The average molecular weight is 432 g/mol. The zero-order valence-electron chi connectivity index (χ0n) is 17.0. The molecule has 1 aromatic heterocycles. The summed E-state index contributed by atoms with van der Waals surface area (Å²) in [7, 11) is 0. The van der Waals surface area contributed by atoms with Crippen molar-refractivity contribution < 1.29 is 23.9 Å². The van der Waals surface area contributed by atoms with Crippen molar-refractivity contribution >= 4 is 34.2 Å². The number of primary amides is 1. The van der Waals surface area contributed by atoms with Crippen LogP contribution < -0.4 is 15.8 Å². The number of nitrogens with zero attached hydrogens (tertiary/aromatic N) is 1. The van der Waals surface area contributed by atoms with E-state index >= 15 is 0 Å². The van der Waals surface area contributed by atoms with Gasteiger partial charge < -0.3 is 25.4 Å². The number of rotatable bonds is 7. The topological polar surface area (TPSA) is 111 Å². The van der Waals surface area contributed by atoms with E-state index in [-0.39, 0.29) is 12.3 Å². The molecule has 0 fully saturated rings.